The van der Waals surface area contributed by atoms with Gasteiger partial charge in [-0.25, -0.2) is 0 Å². The van der Waals surface area contributed by atoms with Crippen molar-refractivity contribution in [3.63, 3.8) is 0 Å². The van der Waals surface area contributed by atoms with Crippen LogP contribution in [0.5, 0.6) is 0 Å². The maximum Gasteiger partial charge on any atom is 4.00 e. The van der Waals surface area contributed by atoms with E-state index >= 15 is 0 Å². The molecule has 0 aliphatic rings. The second-order valence-corrected chi connectivity index (χ2v) is 2.15. The van der Waals surface area contributed by atoms with Crippen LogP contribution in [0.25, 0.3) is 0 Å². The third kappa shape index (κ3) is 21.1. The van der Waals surface area contributed by atoms with E-state index in [9.17, 15) is 0 Å². The van der Waals surface area contributed by atoms with Crippen molar-refractivity contribution < 1.29 is 21.1 Å². The fourth-order valence-corrected chi connectivity index (χ4v) is 0.684. The zero-order chi connectivity index (χ0) is 12.5. The molecule has 2 rings (SSSR count). The van der Waals surface area contributed by atoms with Crippen LogP contribution in [0, 0.1) is 26.0 Å². The molecule has 0 heterocycles. The average Bonchev–Trinajstić information content (AvgIpc) is 2.48. The molecule has 17 heavy (non-hydrogen) atoms. The van der Waals surface area contributed by atoms with Crippen LogP contribution in [0.2, 0.25) is 0 Å². The molecule has 0 aromatic heterocycles. The van der Waals surface area contributed by atoms with E-state index < -0.39 is 0 Å². The van der Waals surface area contributed by atoms with E-state index in [2.05, 4.69) is 26.0 Å². The van der Waals surface area contributed by atoms with Gasteiger partial charge in [0.05, 0.1) is 0 Å². The molecule has 0 radical (unpaired) electrons. The molecule has 0 nitrogen and oxygen atoms in total. The van der Waals surface area contributed by atoms with Gasteiger partial charge in [-0.2, -0.15) is 86.6 Å². The van der Waals surface area contributed by atoms with Crippen LogP contribution < -0.4 is 0 Å². The molecule has 1 heteroatoms. The zero-order valence-corrected chi connectivity index (χ0v) is 12.6. The topological polar surface area (TPSA) is 0 Å². The second kappa shape index (κ2) is 24.4. The molecule has 0 N–H and O–H groups in total. The Hall–Kier alpha value is -0.872. The van der Waals surface area contributed by atoms with Gasteiger partial charge in [-0.1, -0.05) is 0 Å². The summed E-state index contributed by atoms with van der Waals surface area (Å²) in [5, 5.41) is 0. The molecule has 0 atom stereocenters. The molecule has 90 valence electrons. The van der Waals surface area contributed by atoms with E-state index in [0.717, 1.165) is 0 Å². The van der Waals surface area contributed by atoms with Crippen molar-refractivity contribution >= 4 is 0 Å². The van der Waals surface area contributed by atoms with Crippen LogP contribution in [-0.4, -0.2) is 0 Å². The molecule has 2 aromatic carbocycles. The van der Waals surface area contributed by atoms with Crippen molar-refractivity contribution in [1.82, 2.24) is 0 Å². The number of hydrogen-bond donors (Lipinski definition) is 0. The fraction of sp³-hybridized carbons (Fsp3) is 0.125. The first-order valence-corrected chi connectivity index (χ1v) is 5.24. The van der Waals surface area contributed by atoms with E-state index in [1.54, 1.807) is 13.8 Å². The first-order chi connectivity index (χ1) is 8.00. The SMILES string of the molecule is [CH2-]C.[CH2-]C.[Mo+4].[c-]1ccccc1.[c-]1ccccc1. The number of rotatable bonds is 0. The predicted octanol–water partition coefficient (Wildman–Crippen LogP) is 4.65. The maximum atomic E-state index is 3.25. The minimum Gasteiger partial charge on any atom is -0.346 e. The molecule has 0 saturated heterocycles. The third-order valence-electron chi connectivity index (χ3n) is 1.21. The molecule has 0 aliphatic heterocycles. The Morgan fingerprint density at radius 3 is 0.824 bits per heavy atom. The van der Waals surface area contributed by atoms with Crippen molar-refractivity contribution in [2.24, 2.45) is 0 Å². The Bertz CT molecular complexity index is 181. The predicted molar refractivity (Wildman–Crippen MR) is 72.6 cm³/mol. The summed E-state index contributed by atoms with van der Waals surface area (Å²) < 4.78 is 0. The summed E-state index contributed by atoms with van der Waals surface area (Å²) in [4.78, 5) is 0. The summed E-state index contributed by atoms with van der Waals surface area (Å²) in [5.41, 5.74) is 0. The van der Waals surface area contributed by atoms with Crippen molar-refractivity contribution in [2.45, 2.75) is 13.8 Å². The van der Waals surface area contributed by atoms with Gasteiger partial charge in [0.15, 0.2) is 0 Å². The molecule has 0 bridgehead atoms. The van der Waals surface area contributed by atoms with E-state index in [1.165, 1.54) is 0 Å². The van der Waals surface area contributed by atoms with Gasteiger partial charge in [-0.15, -0.1) is 0 Å². The normalized spacial score (nSPS) is 6.35. The maximum absolute atomic E-state index is 3.25. The van der Waals surface area contributed by atoms with Crippen LogP contribution >= 0.6 is 0 Å². The summed E-state index contributed by atoms with van der Waals surface area (Å²) in [6.07, 6.45) is 0. The summed E-state index contributed by atoms with van der Waals surface area (Å²) in [6.45, 7) is 10.0. The first kappa shape index (κ1) is 21.4. The summed E-state index contributed by atoms with van der Waals surface area (Å²) >= 11 is 0. The van der Waals surface area contributed by atoms with Crippen LogP contribution in [0.1, 0.15) is 13.8 Å². The Kier molecular flexibility index (Phi) is 30.7. The quantitative estimate of drug-likeness (QED) is 0.491. The van der Waals surface area contributed by atoms with Gasteiger partial charge >= 0.3 is 21.1 Å². The Morgan fingerprint density at radius 2 is 0.765 bits per heavy atom. The molecule has 2 aromatic rings. The molecule has 0 fully saturated rings. The second-order valence-electron chi connectivity index (χ2n) is 2.15. The van der Waals surface area contributed by atoms with Gasteiger partial charge in [0.2, 0.25) is 0 Å². The molecule has 0 aliphatic carbocycles. The van der Waals surface area contributed by atoms with Gasteiger partial charge in [-0.3, -0.25) is 0 Å². The van der Waals surface area contributed by atoms with Gasteiger partial charge in [-0.05, 0) is 0 Å². The summed E-state index contributed by atoms with van der Waals surface area (Å²) in [5.74, 6) is 0. The van der Waals surface area contributed by atoms with Gasteiger partial charge in [0.25, 0.3) is 0 Å². The molecular formula is C16H20Mo. The standard InChI is InChI=1S/2C6H5.2C2H5.Mo/c2*1-2-4-6-5-3-1;2*1-2;/h2*1-5H;2*1H2,2H3;/q4*-1;+4. The van der Waals surface area contributed by atoms with Crippen LogP contribution in [0.3, 0.4) is 0 Å². The molecule has 0 amide bonds. The van der Waals surface area contributed by atoms with E-state index in [0.29, 0.717) is 0 Å². The van der Waals surface area contributed by atoms with Crippen LogP contribution in [0.15, 0.2) is 60.7 Å². The van der Waals surface area contributed by atoms with E-state index in [-0.39, 0.29) is 21.1 Å². The Balaban J connectivity index is -0.000000171. The van der Waals surface area contributed by atoms with Gasteiger partial charge < -0.3 is 13.8 Å². The Morgan fingerprint density at radius 1 is 0.529 bits per heavy atom. The van der Waals surface area contributed by atoms with Crippen molar-refractivity contribution in [1.29, 1.82) is 0 Å². The summed E-state index contributed by atoms with van der Waals surface area (Å²) in [6, 6.07) is 25.0. The molecule has 0 unspecified atom stereocenters. The van der Waals surface area contributed by atoms with E-state index in [4.69, 9.17) is 0 Å². The summed E-state index contributed by atoms with van der Waals surface area (Å²) in [7, 11) is 0. The molecule has 0 saturated carbocycles. The Labute approximate surface area is 121 Å². The smallest absolute Gasteiger partial charge is 0.346 e. The third-order valence-corrected chi connectivity index (χ3v) is 1.21. The first-order valence-electron chi connectivity index (χ1n) is 5.24. The molecular weight excluding hydrogens is 288 g/mol. The minimum atomic E-state index is 0. The average molecular weight is 308 g/mol. The van der Waals surface area contributed by atoms with Gasteiger partial charge in [0.1, 0.15) is 0 Å². The van der Waals surface area contributed by atoms with E-state index in [1.807, 2.05) is 60.7 Å². The zero-order valence-electron chi connectivity index (χ0n) is 10.6. The number of hydrogen-bond acceptors (Lipinski definition) is 0. The molecule has 0 spiro atoms. The van der Waals surface area contributed by atoms with Gasteiger partial charge in [0, 0.05) is 0 Å². The monoisotopic (exact) mass is 310 g/mol. The van der Waals surface area contributed by atoms with Crippen LogP contribution in [0.4, 0.5) is 0 Å². The number of benzene rings is 2. The minimum absolute atomic E-state index is 0. The largest absolute Gasteiger partial charge is 4.00 e. The van der Waals surface area contributed by atoms with Crippen molar-refractivity contribution in [3.05, 3.63) is 86.6 Å². The fourth-order valence-electron chi connectivity index (χ4n) is 0.684. The van der Waals surface area contributed by atoms with Crippen LogP contribution in [-0.2, 0) is 21.1 Å². The van der Waals surface area contributed by atoms with Crippen molar-refractivity contribution in [2.75, 3.05) is 0 Å². The van der Waals surface area contributed by atoms with Crippen molar-refractivity contribution in [3.8, 4) is 0 Å².